The van der Waals surface area contributed by atoms with Crippen LogP contribution in [0.15, 0.2) is 24.8 Å². The molecule has 1 aromatic heterocycles. The Bertz CT molecular complexity index is 709. The van der Waals surface area contributed by atoms with Crippen molar-refractivity contribution in [2.24, 2.45) is 0 Å². The number of esters is 1. The number of nitrogens with one attached hydrogen (secondary N) is 1. The second-order valence-electron chi connectivity index (χ2n) is 4.60. The van der Waals surface area contributed by atoms with Crippen molar-refractivity contribution < 1.29 is 19.0 Å². The number of aromatic amines is 1. The summed E-state index contributed by atoms with van der Waals surface area (Å²) in [6, 6.07) is 3.61. The Balaban J connectivity index is 2.56. The van der Waals surface area contributed by atoms with Gasteiger partial charge in [-0.25, -0.2) is 4.79 Å². The van der Waals surface area contributed by atoms with Crippen LogP contribution < -0.4 is 9.47 Å². The van der Waals surface area contributed by atoms with Gasteiger partial charge in [-0.2, -0.15) is 10.3 Å². The molecule has 0 aliphatic rings. The smallest absolute Gasteiger partial charge is 0.361 e. The normalized spacial score (nSPS) is 10.2. The molecular weight excluding hydrogens is 298 g/mol. The van der Waals surface area contributed by atoms with Gasteiger partial charge in [-0.05, 0) is 25.5 Å². The number of ether oxygens (including phenoxy) is 3. The average molecular weight is 317 g/mol. The molecule has 0 bridgehead atoms. The summed E-state index contributed by atoms with van der Waals surface area (Å²) < 4.78 is 15.8. The molecule has 0 radical (unpaired) electrons. The van der Waals surface area contributed by atoms with Crippen LogP contribution >= 0.6 is 0 Å². The van der Waals surface area contributed by atoms with Crippen molar-refractivity contribution in [3.63, 3.8) is 0 Å². The van der Waals surface area contributed by atoms with Gasteiger partial charge in [0.2, 0.25) is 0 Å². The van der Waals surface area contributed by atoms with Crippen molar-refractivity contribution in [3.8, 4) is 22.8 Å². The fourth-order valence-corrected chi connectivity index (χ4v) is 2.26. The molecule has 0 aliphatic carbocycles. The van der Waals surface area contributed by atoms with Crippen molar-refractivity contribution >= 4 is 5.97 Å². The van der Waals surface area contributed by atoms with Crippen LogP contribution in [0.25, 0.3) is 11.3 Å². The van der Waals surface area contributed by atoms with E-state index in [1.54, 1.807) is 33.3 Å². The van der Waals surface area contributed by atoms with Crippen molar-refractivity contribution in [2.75, 3.05) is 20.8 Å². The molecule has 7 heteroatoms. The topological polar surface area (TPSA) is 86.3 Å². The molecule has 0 unspecified atom stereocenters. The van der Waals surface area contributed by atoms with Crippen LogP contribution in [0.3, 0.4) is 0 Å². The largest absolute Gasteiger partial charge is 0.493 e. The predicted octanol–water partition coefficient (Wildman–Crippen LogP) is 2.39. The van der Waals surface area contributed by atoms with E-state index in [9.17, 15) is 4.79 Å². The summed E-state index contributed by atoms with van der Waals surface area (Å²) in [6.45, 7) is 5.74. The maximum absolute atomic E-state index is 12.0. The fraction of sp³-hybridized carbons (Fsp3) is 0.312. The lowest BCUT2D eigenvalue weighted by molar-refractivity contribution is 0.0520. The lowest BCUT2D eigenvalue weighted by atomic mass is 10.0. The van der Waals surface area contributed by atoms with Gasteiger partial charge in [-0.3, -0.25) is 0 Å². The number of hydrogen-bond acceptors (Lipinski definition) is 6. The number of H-pyrrole nitrogens is 1. The zero-order valence-corrected chi connectivity index (χ0v) is 13.4. The molecule has 2 rings (SSSR count). The van der Waals surface area contributed by atoms with Crippen LogP contribution in [0.4, 0.5) is 0 Å². The molecule has 2 aromatic rings. The van der Waals surface area contributed by atoms with Gasteiger partial charge in [0.25, 0.3) is 0 Å². The molecule has 1 aromatic carbocycles. The van der Waals surface area contributed by atoms with Crippen molar-refractivity contribution in [3.05, 3.63) is 36.0 Å². The SMILES string of the molecule is C=CCc1cc(-c2n[nH]nc2C(=O)OCC)cc(OC)c1OC. The fourth-order valence-electron chi connectivity index (χ4n) is 2.26. The second kappa shape index (κ2) is 7.44. The number of rotatable bonds is 7. The Labute approximate surface area is 134 Å². The Kier molecular flexibility index (Phi) is 5.35. The minimum atomic E-state index is -0.531. The van der Waals surface area contributed by atoms with Crippen LogP contribution in [-0.2, 0) is 11.2 Å². The first-order chi connectivity index (χ1) is 11.2. The Morgan fingerprint density at radius 3 is 2.70 bits per heavy atom. The van der Waals surface area contributed by atoms with Gasteiger partial charge in [-0.1, -0.05) is 6.08 Å². The van der Waals surface area contributed by atoms with Crippen molar-refractivity contribution in [2.45, 2.75) is 13.3 Å². The Morgan fingerprint density at radius 2 is 2.09 bits per heavy atom. The highest BCUT2D eigenvalue weighted by molar-refractivity contribution is 5.94. The van der Waals surface area contributed by atoms with Gasteiger partial charge in [-0.15, -0.1) is 11.7 Å². The highest BCUT2D eigenvalue weighted by Gasteiger charge is 2.21. The molecule has 0 fully saturated rings. The van der Waals surface area contributed by atoms with E-state index >= 15 is 0 Å². The van der Waals surface area contributed by atoms with Crippen LogP contribution in [0, 0.1) is 0 Å². The zero-order chi connectivity index (χ0) is 16.8. The van der Waals surface area contributed by atoms with E-state index in [1.807, 2.05) is 6.07 Å². The Hall–Kier alpha value is -2.83. The molecule has 1 heterocycles. The van der Waals surface area contributed by atoms with Gasteiger partial charge < -0.3 is 14.2 Å². The molecule has 0 spiro atoms. The summed E-state index contributed by atoms with van der Waals surface area (Å²) in [5, 5.41) is 10.4. The molecule has 1 N–H and O–H groups in total. The third-order valence-corrected chi connectivity index (χ3v) is 3.21. The van der Waals surface area contributed by atoms with Gasteiger partial charge in [0.1, 0.15) is 5.69 Å². The number of methoxy groups -OCH3 is 2. The van der Waals surface area contributed by atoms with Gasteiger partial charge in [0, 0.05) is 11.1 Å². The number of benzene rings is 1. The van der Waals surface area contributed by atoms with E-state index in [0.717, 1.165) is 5.56 Å². The third-order valence-electron chi connectivity index (χ3n) is 3.21. The predicted molar refractivity (Wildman–Crippen MR) is 84.8 cm³/mol. The lowest BCUT2D eigenvalue weighted by Gasteiger charge is -2.14. The van der Waals surface area contributed by atoms with E-state index in [4.69, 9.17) is 14.2 Å². The summed E-state index contributed by atoms with van der Waals surface area (Å²) in [6.07, 6.45) is 2.34. The lowest BCUT2D eigenvalue weighted by Crippen LogP contribution is -2.07. The minimum absolute atomic E-state index is 0.128. The van der Waals surface area contributed by atoms with E-state index in [-0.39, 0.29) is 12.3 Å². The molecule has 7 nitrogen and oxygen atoms in total. The number of aromatic nitrogens is 3. The molecule has 0 saturated heterocycles. The molecule has 0 saturated carbocycles. The van der Waals surface area contributed by atoms with E-state index < -0.39 is 5.97 Å². The second-order valence-corrected chi connectivity index (χ2v) is 4.60. The molecule has 0 atom stereocenters. The Morgan fingerprint density at radius 1 is 1.30 bits per heavy atom. The maximum atomic E-state index is 12.0. The average Bonchev–Trinajstić information content (AvgIpc) is 3.04. The van der Waals surface area contributed by atoms with Crippen molar-refractivity contribution in [1.29, 1.82) is 0 Å². The summed E-state index contributed by atoms with van der Waals surface area (Å²) in [7, 11) is 3.12. The van der Waals surface area contributed by atoms with Crippen LogP contribution in [0.5, 0.6) is 11.5 Å². The summed E-state index contributed by atoms with van der Waals surface area (Å²) >= 11 is 0. The number of carbonyl (C=O) groups is 1. The first-order valence-corrected chi connectivity index (χ1v) is 7.10. The van der Waals surface area contributed by atoms with Crippen LogP contribution in [-0.4, -0.2) is 42.2 Å². The molecule has 0 aliphatic heterocycles. The van der Waals surface area contributed by atoms with Gasteiger partial charge in [0.05, 0.1) is 20.8 Å². The monoisotopic (exact) mass is 317 g/mol. The van der Waals surface area contributed by atoms with E-state index in [2.05, 4.69) is 22.0 Å². The summed E-state index contributed by atoms with van der Waals surface area (Å²) in [5.41, 5.74) is 2.07. The molecule has 0 amide bonds. The minimum Gasteiger partial charge on any atom is -0.493 e. The van der Waals surface area contributed by atoms with E-state index in [1.165, 1.54) is 0 Å². The number of allylic oxidation sites excluding steroid dienone is 1. The first-order valence-electron chi connectivity index (χ1n) is 7.10. The third kappa shape index (κ3) is 3.33. The quantitative estimate of drug-likeness (QED) is 0.623. The number of nitrogens with zero attached hydrogens (tertiary/aromatic N) is 2. The number of carbonyl (C=O) groups excluding carboxylic acids is 1. The molecule has 122 valence electrons. The van der Waals surface area contributed by atoms with Crippen molar-refractivity contribution in [1.82, 2.24) is 15.4 Å². The zero-order valence-electron chi connectivity index (χ0n) is 13.4. The van der Waals surface area contributed by atoms with Gasteiger partial charge in [0.15, 0.2) is 17.2 Å². The van der Waals surface area contributed by atoms with E-state index in [0.29, 0.717) is 29.2 Å². The standard InChI is InChI=1S/C16H19N3O4/c1-5-7-10-8-11(9-12(21-3)15(10)22-4)13-14(18-19-17-13)16(20)23-6-2/h5,8-9H,1,6-7H2,2-4H3,(H,17,18,19). The summed E-state index contributed by atoms with van der Waals surface area (Å²) in [5.74, 6) is 0.633. The maximum Gasteiger partial charge on any atom is 0.361 e. The summed E-state index contributed by atoms with van der Waals surface area (Å²) in [4.78, 5) is 12.0. The molecule has 23 heavy (non-hydrogen) atoms. The van der Waals surface area contributed by atoms with Crippen LogP contribution in [0.2, 0.25) is 0 Å². The highest BCUT2D eigenvalue weighted by Crippen LogP contribution is 2.36. The number of hydrogen-bond donors (Lipinski definition) is 1. The van der Waals surface area contributed by atoms with Crippen LogP contribution in [0.1, 0.15) is 23.0 Å². The van der Waals surface area contributed by atoms with Gasteiger partial charge >= 0.3 is 5.97 Å². The molecular formula is C16H19N3O4. The highest BCUT2D eigenvalue weighted by atomic mass is 16.5. The first kappa shape index (κ1) is 16.5.